The number of nitrogens with one attached hydrogen (secondary N) is 1. The maximum Gasteiger partial charge on any atom is 0.273 e. The minimum atomic E-state index is -0.665. The predicted molar refractivity (Wildman–Crippen MR) is 92.5 cm³/mol. The summed E-state index contributed by atoms with van der Waals surface area (Å²) in [6.45, 7) is 3.50. The first kappa shape index (κ1) is 16.6. The number of carbonyl (C=O) groups is 1. The number of hydrogen-bond acceptors (Lipinski definition) is 4. The maximum absolute atomic E-state index is 13.9. The zero-order chi connectivity index (χ0) is 17.4. The van der Waals surface area contributed by atoms with E-state index in [0.29, 0.717) is 18.5 Å². The van der Waals surface area contributed by atoms with Crippen molar-refractivity contribution in [2.45, 2.75) is 19.3 Å². The summed E-state index contributed by atoms with van der Waals surface area (Å²) in [4.78, 5) is 18.7. The van der Waals surface area contributed by atoms with Crippen LogP contribution in [0.15, 0.2) is 23.6 Å². The first-order chi connectivity index (χ1) is 12.1. The Morgan fingerprint density at radius 1 is 1.20 bits per heavy atom. The first-order valence-corrected chi connectivity index (χ1v) is 9.36. The van der Waals surface area contributed by atoms with Gasteiger partial charge in [0.15, 0.2) is 0 Å². The highest BCUT2D eigenvalue weighted by molar-refractivity contribution is 7.13. The zero-order valence-electron chi connectivity index (χ0n) is 13.7. The number of thiazole rings is 1. The van der Waals surface area contributed by atoms with E-state index >= 15 is 0 Å². The molecule has 132 valence electrons. The summed E-state index contributed by atoms with van der Waals surface area (Å²) in [5.41, 5.74) is 0.435. The molecular weight excluding hydrogens is 344 g/mol. The largest absolute Gasteiger partial charge is 0.337 e. The molecule has 0 unspecified atom stereocenters. The summed E-state index contributed by atoms with van der Waals surface area (Å²) in [7, 11) is 0. The normalized spacial score (nSPS) is 19.5. The number of piperidine rings is 1. The Hall–Kier alpha value is -1.86. The van der Waals surface area contributed by atoms with Gasteiger partial charge in [-0.3, -0.25) is 4.79 Å². The lowest BCUT2D eigenvalue weighted by Gasteiger charge is -2.38. The average Bonchev–Trinajstić information content (AvgIpc) is 3.25. The van der Waals surface area contributed by atoms with Crippen molar-refractivity contribution in [2.75, 3.05) is 26.2 Å². The van der Waals surface area contributed by atoms with Crippen LogP contribution in [0, 0.1) is 17.0 Å². The minimum absolute atomic E-state index is 0.153. The molecule has 3 heterocycles. The third-order valence-corrected chi connectivity index (χ3v) is 6.20. The third kappa shape index (κ3) is 3.06. The van der Waals surface area contributed by atoms with Crippen molar-refractivity contribution in [1.29, 1.82) is 0 Å². The van der Waals surface area contributed by atoms with E-state index in [9.17, 15) is 13.6 Å². The lowest BCUT2D eigenvalue weighted by Crippen LogP contribution is -2.44. The molecule has 1 spiro atoms. The monoisotopic (exact) mass is 363 g/mol. The summed E-state index contributed by atoms with van der Waals surface area (Å²) in [6.07, 6.45) is 3.15. The number of amides is 1. The fraction of sp³-hybridized carbons (Fsp3) is 0.444. The standard InChI is InChI=1S/C18H19F2N3OS/c19-12-2-1-3-13(20)15(12)16-22-14(10-25-16)17(24)23-8-5-18(6-9-23)4-7-21-11-18/h1-3,10,21H,4-9,11H2. The highest BCUT2D eigenvalue weighted by atomic mass is 32.1. The van der Waals surface area contributed by atoms with Gasteiger partial charge in [0, 0.05) is 25.0 Å². The Labute approximate surface area is 148 Å². The van der Waals surface area contributed by atoms with Crippen LogP contribution in [0.2, 0.25) is 0 Å². The van der Waals surface area contributed by atoms with Crippen LogP contribution in [0.4, 0.5) is 8.78 Å². The molecule has 7 heteroatoms. The summed E-state index contributed by atoms with van der Waals surface area (Å²) in [5.74, 6) is -1.48. The van der Waals surface area contributed by atoms with Crippen LogP contribution in [0.5, 0.6) is 0 Å². The number of hydrogen-bond donors (Lipinski definition) is 1. The van der Waals surface area contributed by atoms with Crippen LogP contribution in [-0.4, -0.2) is 42.0 Å². The Balaban J connectivity index is 1.50. The fourth-order valence-corrected chi connectivity index (χ4v) is 4.60. The number of likely N-dealkylation sites (tertiary alicyclic amines) is 1. The van der Waals surface area contributed by atoms with Crippen LogP contribution < -0.4 is 5.32 Å². The molecule has 2 saturated heterocycles. The smallest absolute Gasteiger partial charge is 0.273 e. The quantitative estimate of drug-likeness (QED) is 0.890. The average molecular weight is 363 g/mol. The van der Waals surface area contributed by atoms with E-state index in [2.05, 4.69) is 10.3 Å². The Bertz CT molecular complexity index is 771. The van der Waals surface area contributed by atoms with Gasteiger partial charge in [-0.1, -0.05) is 6.07 Å². The second-order valence-corrected chi connectivity index (χ2v) is 7.71. The number of rotatable bonds is 2. The van der Waals surface area contributed by atoms with Gasteiger partial charge in [-0.25, -0.2) is 13.8 Å². The molecule has 1 aromatic carbocycles. The summed E-state index contributed by atoms with van der Waals surface area (Å²) in [6, 6.07) is 3.71. The molecule has 2 aliphatic heterocycles. The van der Waals surface area contributed by atoms with E-state index < -0.39 is 11.6 Å². The van der Waals surface area contributed by atoms with Gasteiger partial charge in [-0.05, 0) is 43.4 Å². The number of aromatic nitrogens is 1. The molecule has 1 amide bonds. The van der Waals surface area contributed by atoms with Crippen LogP contribution in [-0.2, 0) is 0 Å². The Morgan fingerprint density at radius 3 is 2.56 bits per heavy atom. The molecule has 25 heavy (non-hydrogen) atoms. The second-order valence-electron chi connectivity index (χ2n) is 6.85. The SMILES string of the molecule is O=C(c1csc(-c2c(F)cccc2F)n1)N1CCC2(CCNC2)CC1. The molecule has 0 radical (unpaired) electrons. The fourth-order valence-electron chi connectivity index (χ4n) is 3.76. The highest BCUT2D eigenvalue weighted by Crippen LogP contribution is 2.37. The topological polar surface area (TPSA) is 45.2 Å². The van der Waals surface area contributed by atoms with Crippen molar-refractivity contribution in [2.24, 2.45) is 5.41 Å². The van der Waals surface area contributed by atoms with Crippen LogP contribution in [0.25, 0.3) is 10.6 Å². The number of benzene rings is 1. The molecule has 0 atom stereocenters. The van der Waals surface area contributed by atoms with Crippen molar-refractivity contribution in [3.63, 3.8) is 0 Å². The first-order valence-electron chi connectivity index (χ1n) is 8.48. The van der Waals surface area contributed by atoms with Gasteiger partial charge in [-0.15, -0.1) is 11.3 Å². The van der Waals surface area contributed by atoms with Crippen LogP contribution >= 0.6 is 11.3 Å². The van der Waals surface area contributed by atoms with Gasteiger partial charge in [0.25, 0.3) is 5.91 Å². The van der Waals surface area contributed by atoms with Crippen molar-refractivity contribution in [3.05, 3.63) is 40.9 Å². The molecule has 4 rings (SSSR count). The summed E-state index contributed by atoms with van der Waals surface area (Å²) >= 11 is 1.09. The molecular formula is C18H19F2N3OS. The Morgan fingerprint density at radius 2 is 1.92 bits per heavy atom. The van der Waals surface area contributed by atoms with Crippen LogP contribution in [0.1, 0.15) is 29.8 Å². The molecule has 2 aromatic rings. The summed E-state index contributed by atoms with van der Waals surface area (Å²) in [5, 5.41) is 5.20. The third-order valence-electron chi connectivity index (χ3n) is 5.34. The lowest BCUT2D eigenvalue weighted by atomic mass is 9.78. The van der Waals surface area contributed by atoms with Crippen LogP contribution in [0.3, 0.4) is 0 Å². The second kappa shape index (κ2) is 6.46. The van der Waals surface area contributed by atoms with Gasteiger partial charge < -0.3 is 10.2 Å². The van der Waals surface area contributed by atoms with Crippen molar-refractivity contribution >= 4 is 17.2 Å². The number of nitrogens with zero attached hydrogens (tertiary/aromatic N) is 2. The van der Waals surface area contributed by atoms with Gasteiger partial charge in [0.2, 0.25) is 0 Å². The van der Waals surface area contributed by atoms with Gasteiger partial charge in [0.05, 0.1) is 5.56 Å². The molecule has 2 aliphatic rings. The van der Waals surface area contributed by atoms with E-state index in [0.717, 1.165) is 37.3 Å². The number of halogens is 2. The molecule has 1 aromatic heterocycles. The minimum Gasteiger partial charge on any atom is -0.337 e. The van der Waals surface area contributed by atoms with E-state index in [4.69, 9.17) is 0 Å². The maximum atomic E-state index is 13.9. The van der Waals surface area contributed by atoms with Gasteiger partial charge in [-0.2, -0.15) is 0 Å². The van der Waals surface area contributed by atoms with E-state index in [1.54, 1.807) is 10.3 Å². The molecule has 2 fully saturated rings. The summed E-state index contributed by atoms with van der Waals surface area (Å²) < 4.78 is 27.8. The van der Waals surface area contributed by atoms with E-state index in [-0.39, 0.29) is 22.2 Å². The Kier molecular flexibility index (Phi) is 4.29. The van der Waals surface area contributed by atoms with Crippen molar-refractivity contribution in [1.82, 2.24) is 15.2 Å². The van der Waals surface area contributed by atoms with Crippen molar-refractivity contribution < 1.29 is 13.6 Å². The van der Waals surface area contributed by atoms with Gasteiger partial charge >= 0.3 is 0 Å². The number of carbonyl (C=O) groups excluding carboxylic acids is 1. The molecule has 4 nitrogen and oxygen atoms in total. The molecule has 0 saturated carbocycles. The van der Waals surface area contributed by atoms with E-state index in [1.807, 2.05) is 0 Å². The molecule has 0 aliphatic carbocycles. The zero-order valence-corrected chi connectivity index (χ0v) is 14.5. The predicted octanol–water partition coefficient (Wildman–Crippen LogP) is 3.30. The van der Waals surface area contributed by atoms with Crippen molar-refractivity contribution in [3.8, 4) is 10.6 Å². The molecule has 1 N–H and O–H groups in total. The molecule has 0 bridgehead atoms. The van der Waals surface area contributed by atoms with Gasteiger partial charge in [0.1, 0.15) is 22.3 Å². The lowest BCUT2D eigenvalue weighted by molar-refractivity contribution is 0.0603. The van der Waals surface area contributed by atoms with E-state index in [1.165, 1.54) is 24.6 Å². The highest BCUT2D eigenvalue weighted by Gasteiger charge is 2.38.